The SMILES string of the molecule is COc1ccc(S(=O)(=O)N(CC(=O)O)c2ccc(Cl)c3[nH]c(CN4C(=O)c5ccccc5C4=O)cc23)cc1. The second-order valence-corrected chi connectivity index (χ2v) is 10.7. The van der Waals surface area contributed by atoms with E-state index in [4.69, 9.17) is 16.3 Å². The Morgan fingerprint density at radius 3 is 2.24 bits per heavy atom. The van der Waals surface area contributed by atoms with Crippen LogP contribution in [-0.2, 0) is 21.4 Å². The smallest absolute Gasteiger partial charge is 0.324 e. The maximum absolute atomic E-state index is 13.6. The lowest BCUT2D eigenvalue weighted by Gasteiger charge is -2.24. The number of imide groups is 1. The first-order valence-corrected chi connectivity index (χ1v) is 13.1. The highest BCUT2D eigenvalue weighted by atomic mass is 35.5. The van der Waals surface area contributed by atoms with Crippen molar-refractivity contribution in [2.45, 2.75) is 11.4 Å². The van der Waals surface area contributed by atoms with Crippen molar-refractivity contribution < 1.29 is 32.6 Å². The maximum atomic E-state index is 13.6. The quantitative estimate of drug-likeness (QED) is 0.316. The van der Waals surface area contributed by atoms with E-state index in [1.807, 2.05) is 0 Å². The number of methoxy groups -OCH3 is 1. The molecule has 4 aromatic rings. The third-order valence-electron chi connectivity index (χ3n) is 6.18. The Morgan fingerprint density at radius 2 is 1.66 bits per heavy atom. The van der Waals surface area contributed by atoms with Crippen molar-refractivity contribution in [3.63, 3.8) is 0 Å². The normalized spacial score (nSPS) is 13.2. The van der Waals surface area contributed by atoms with Crippen LogP contribution >= 0.6 is 11.6 Å². The highest BCUT2D eigenvalue weighted by molar-refractivity contribution is 7.92. The van der Waals surface area contributed by atoms with Crippen LogP contribution in [0.3, 0.4) is 0 Å². The number of rotatable bonds is 8. The van der Waals surface area contributed by atoms with Crippen LogP contribution in [0.2, 0.25) is 5.02 Å². The molecule has 0 saturated carbocycles. The number of carboxylic acid groups (broad SMARTS) is 1. The molecule has 0 radical (unpaired) electrons. The minimum absolute atomic E-state index is 0.0625. The summed E-state index contributed by atoms with van der Waals surface area (Å²) in [4.78, 5) is 41.4. The number of hydrogen-bond donors (Lipinski definition) is 2. The van der Waals surface area contributed by atoms with Crippen LogP contribution in [0.25, 0.3) is 10.9 Å². The number of sulfonamides is 1. The molecule has 0 bridgehead atoms. The van der Waals surface area contributed by atoms with E-state index in [1.165, 1.54) is 43.5 Å². The van der Waals surface area contributed by atoms with Crippen LogP contribution in [0.5, 0.6) is 5.75 Å². The van der Waals surface area contributed by atoms with Gasteiger partial charge in [-0.15, -0.1) is 0 Å². The third-order valence-corrected chi connectivity index (χ3v) is 8.27. The molecule has 5 rings (SSSR count). The molecule has 0 fully saturated rings. The molecule has 0 aliphatic carbocycles. The molecule has 0 atom stereocenters. The van der Waals surface area contributed by atoms with Gasteiger partial charge in [-0.05, 0) is 54.6 Å². The molecule has 2 heterocycles. The Morgan fingerprint density at radius 1 is 1.03 bits per heavy atom. The minimum Gasteiger partial charge on any atom is -0.497 e. The number of aliphatic carboxylic acids is 1. The van der Waals surface area contributed by atoms with Gasteiger partial charge in [-0.25, -0.2) is 8.42 Å². The molecular weight excluding hydrogens is 534 g/mol. The Labute approximate surface area is 222 Å². The molecule has 0 unspecified atom stereocenters. The Hall–Kier alpha value is -4.35. The fraction of sp³-hybridized carbons (Fsp3) is 0.115. The Kier molecular flexibility index (Phi) is 6.33. The molecule has 0 saturated heterocycles. The second kappa shape index (κ2) is 9.51. The molecule has 10 nitrogen and oxygen atoms in total. The number of carboxylic acids is 1. The van der Waals surface area contributed by atoms with Gasteiger partial charge in [0, 0.05) is 11.1 Å². The third kappa shape index (κ3) is 4.25. The van der Waals surface area contributed by atoms with E-state index in [0.717, 1.165) is 9.21 Å². The highest BCUT2D eigenvalue weighted by Crippen LogP contribution is 2.36. The van der Waals surface area contributed by atoms with Gasteiger partial charge >= 0.3 is 5.97 Å². The number of carbonyl (C=O) groups excluding carboxylic acids is 2. The average Bonchev–Trinajstić information content (AvgIpc) is 3.44. The van der Waals surface area contributed by atoms with Crippen molar-refractivity contribution >= 4 is 56.0 Å². The number of aromatic nitrogens is 1. The van der Waals surface area contributed by atoms with Gasteiger partial charge in [0.25, 0.3) is 21.8 Å². The van der Waals surface area contributed by atoms with Crippen molar-refractivity contribution in [2.75, 3.05) is 18.0 Å². The van der Waals surface area contributed by atoms with Crippen molar-refractivity contribution in [3.8, 4) is 5.75 Å². The Balaban J connectivity index is 1.57. The van der Waals surface area contributed by atoms with Gasteiger partial charge in [0.2, 0.25) is 0 Å². The van der Waals surface area contributed by atoms with Crippen molar-refractivity contribution in [1.29, 1.82) is 0 Å². The summed E-state index contributed by atoms with van der Waals surface area (Å²) in [5.41, 5.74) is 1.39. The van der Waals surface area contributed by atoms with Crippen molar-refractivity contribution in [3.05, 3.63) is 88.6 Å². The van der Waals surface area contributed by atoms with Gasteiger partial charge in [0.15, 0.2) is 0 Å². The lowest BCUT2D eigenvalue weighted by atomic mass is 10.1. The predicted octanol–water partition coefficient (Wildman–Crippen LogP) is 3.91. The molecule has 38 heavy (non-hydrogen) atoms. The fourth-order valence-corrected chi connectivity index (χ4v) is 6.02. The zero-order chi connectivity index (χ0) is 27.2. The topological polar surface area (TPSA) is 137 Å². The van der Waals surface area contributed by atoms with Crippen LogP contribution in [0.4, 0.5) is 5.69 Å². The molecular formula is C26H20ClN3O7S. The lowest BCUT2D eigenvalue weighted by Crippen LogP contribution is -2.35. The number of nitrogens with zero attached hydrogens (tertiary/aromatic N) is 2. The minimum atomic E-state index is -4.32. The summed E-state index contributed by atoms with van der Waals surface area (Å²) < 4.78 is 33.0. The summed E-state index contributed by atoms with van der Waals surface area (Å²) in [6.07, 6.45) is 0. The molecule has 12 heteroatoms. The summed E-state index contributed by atoms with van der Waals surface area (Å²) in [7, 11) is -2.88. The number of H-pyrrole nitrogens is 1. The van der Waals surface area contributed by atoms with Crippen LogP contribution < -0.4 is 9.04 Å². The van der Waals surface area contributed by atoms with Gasteiger partial charge in [0.05, 0.1) is 45.9 Å². The number of anilines is 1. The van der Waals surface area contributed by atoms with Crippen LogP contribution in [0.1, 0.15) is 26.4 Å². The van der Waals surface area contributed by atoms with Crippen LogP contribution in [0.15, 0.2) is 71.6 Å². The zero-order valence-electron chi connectivity index (χ0n) is 19.8. The van der Waals surface area contributed by atoms with Crippen molar-refractivity contribution in [2.24, 2.45) is 0 Å². The van der Waals surface area contributed by atoms with E-state index in [-0.39, 0.29) is 22.2 Å². The highest BCUT2D eigenvalue weighted by Gasteiger charge is 2.36. The summed E-state index contributed by atoms with van der Waals surface area (Å²) in [5.74, 6) is -1.84. The first-order chi connectivity index (χ1) is 18.1. The average molecular weight is 554 g/mol. The number of hydrogen-bond acceptors (Lipinski definition) is 6. The van der Waals surface area contributed by atoms with E-state index in [9.17, 15) is 27.9 Å². The van der Waals surface area contributed by atoms with Crippen LogP contribution in [-0.4, -0.2) is 54.8 Å². The standard InChI is InChI=1S/C26H20ClN3O7S/c1-37-16-6-8-17(9-7-16)38(35,36)30(14-23(31)32)22-11-10-21(27)24-20(22)12-15(28-24)13-29-25(33)18-4-2-3-5-19(18)26(29)34/h2-12,28H,13-14H2,1H3,(H,31,32). The van der Waals surface area contributed by atoms with Gasteiger partial charge in [-0.3, -0.25) is 23.6 Å². The summed E-state index contributed by atoms with van der Waals surface area (Å²) in [6, 6.07) is 16.5. The number of benzene rings is 3. The lowest BCUT2D eigenvalue weighted by molar-refractivity contribution is -0.135. The van der Waals surface area contributed by atoms with Gasteiger partial charge < -0.3 is 14.8 Å². The van der Waals surface area contributed by atoms with E-state index >= 15 is 0 Å². The summed E-state index contributed by atoms with van der Waals surface area (Å²) in [6.45, 7) is -0.981. The van der Waals surface area contributed by atoms with Gasteiger partial charge in [0.1, 0.15) is 12.3 Å². The molecule has 3 aromatic carbocycles. The number of aromatic amines is 1. The number of amides is 2. The number of carbonyl (C=O) groups is 3. The fourth-order valence-electron chi connectivity index (χ4n) is 4.38. The predicted molar refractivity (Wildman–Crippen MR) is 139 cm³/mol. The zero-order valence-corrected chi connectivity index (χ0v) is 21.4. The van der Waals surface area contributed by atoms with E-state index in [1.54, 1.807) is 30.3 Å². The number of ether oxygens (including phenoxy) is 1. The van der Waals surface area contributed by atoms with Crippen molar-refractivity contribution in [1.82, 2.24) is 9.88 Å². The largest absolute Gasteiger partial charge is 0.497 e. The van der Waals surface area contributed by atoms with Gasteiger partial charge in [-0.1, -0.05) is 23.7 Å². The number of halogens is 1. The first kappa shape index (κ1) is 25.3. The maximum Gasteiger partial charge on any atom is 0.324 e. The van der Waals surface area contributed by atoms with E-state index in [0.29, 0.717) is 33.5 Å². The number of nitrogens with one attached hydrogen (secondary N) is 1. The summed E-state index contributed by atoms with van der Waals surface area (Å²) in [5, 5.41) is 10.1. The molecule has 0 spiro atoms. The molecule has 2 amide bonds. The van der Waals surface area contributed by atoms with E-state index in [2.05, 4.69) is 4.98 Å². The Bertz CT molecular complexity index is 1680. The molecule has 1 aliphatic rings. The monoisotopic (exact) mass is 553 g/mol. The second-order valence-electron chi connectivity index (χ2n) is 8.47. The first-order valence-electron chi connectivity index (χ1n) is 11.3. The number of fused-ring (bicyclic) bond motifs is 2. The molecule has 194 valence electrons. The molecule has 1 aliphatic heterocycles. The van der Waals surface area contributed by atoms with E-state index < -0.39 is 34.4 Å². The molecule has 1 aromatic heterocycles. The van der Waals surface area contributed by atoms with Gasteiger partial charge in [-0.2, -0.15) is 0 Å². The van der Waals surface area contributed by atoms with Crippen LogP contribution in [0, 0.1) is 0 Å². The molecule has 2 N–H and O–H groups in total. The summed E-state index contributed by atoms with van der Waals surface area (Å²) >= 11 is 6.39.